The standard InChI is InChI=1S/C19H23N3O3S2/c1-3-22-9-8-14-15(10-22)27-19(17(14)18(20)24)21-16(23)11-26-13-6-4-12(25-2)5-7-13/h4-7H,3,8-11H2,1-2H3,(H2,20,24)(H,21,23). The highest BCUT2D eigenvalue weighted by Gasteiger charge is 2.27. The van der Waals surface area contributed by atoms with Gasteiger partial charge in [-0.2, -0.15) is 0 Å². The quantitative estimate of drug-likeness (QED) is 0.692. The first-order valence-corrected chi connectivity index (χ1v) is 10.6. The van der Waals surface area contributed by atoms with Gasteiger partial charge >= 0.3 is 0 Å². The molecular weight excluding hydrogens is 382 g/mol. The number of nitrogens with two attached hydrogens (primary N) is 1. The summed E-state index contributed by atoms with van der Waals surface area (Å²) in [5.41, 5.74) is 7.08. The summed E-state index contributed by atoms with van der Waals surface area (Å²) in [6.45, 7) is 4.78. The van der Waals surface area contributed by atoms with Gasteiger partial charge in [0.15, 0.2) is 0 Å². The highest BCUT2D eigenvalue weighted by Crippen LogP contribution is 2.37. The van der Waals surface area contributed by atoms with Crippen LogP contribution in [0.1, 0.15) is 27.7 Å². The molecule has 0 saturated carbocycles. The Morgan fingerprint density at radius 2 is 2.07 bits per heavy atom. The number of hydrogen-bond donors (Lipinski definition) is 2. The summed E-state index contributed by atoms with van der Waals surface area (Å²) < 4.78 is 5.13. The van der Waals surface area contributed by atoms with E-state index in [9.17, 15) is 9.59 Å². The Morgan fingerprint density at radius 3 is 2.70 bits per heavy atom. The number of amides is 2. The molecular formula is C19H23N3O3S2. The van der Waals surface area contributed by atoms with E-state index >= 15 is 0 Å². The zero-order valence-corrected chi connectivity index (χ0v) is 17.0. The lowest BCUT2D eigenvalue weighted by Crippen LogP contribution is -2.30. The molecule has 0 aliphatic carbocycles. The van der Waals surface area contributed by atoms with Gasteiger partial charge in [-0.1, -0.05) is 6.92 Å². The van der Waals surface area contributed by atoms with Crippen LogP contribution in [0.15, 0.2) is 29.2 Å². The number of ether oxygens (including phenoxy) is 1. The first-order chi connectivity index (χ1) is 13.0. The summed E-state index contributed by atoms with van der Waals surface area (Å²) in [6.07, 6.45) is 0.786. The number of thiophene rings is 1. The van der Waals surface area contributed by atoms with Gasteiger partial charge in [0.1, 0.15) is 10.8 Å². The number of carbonyl (C=O) groups is 2. The first kappa shape index (κ1) is 19.7. The van der Waals surface area contributed by atoms with E-state index in [1.54, 1.807) is 7.11 Å². The SMILES string of the molecule is CCN1CCc2c(sc(NC(=O)CSc3ccc(OC)cc3)c2C(N)=O)C1. The maximum atomic E-state index is 12.4. The highest BCUT2D eigenvalue weighted by molar-refractivity contribution is 8.00. The average Bonchev–Trinajstić information content (AvgIpc) is 3.03. The molecule has 0 radical (unpaired) electrons. The van der Waals surface area contributed by atoms with E-state index in [4.69, 9.17) is 10.5 Å². The van der Waals surface area contributed by atoms with Crippen molar-refractivity contribution >= 4 is 39.9 Å². The van der Waals surface area contributed by atoms with Crippen LogP contribution < -0.4 is 15.8 Å². The normalized spacial score (nSPS) is 13.9. The number of carbonyl (C=O) groups excluding carboxylic acids is 2. The predicted molar refractivity (Wildman–Crippen MR) is 110 cm³/mol. The fourth-order valence-corrected chi connectivity index (χ4v) is 5.07. The van der Waals surface area contributed by atoms with Gasteiger partial charge in [-0.3, -0.25) is 14.5 Å². The van der Waals surface area contributed by atoms with Crippen molar-refractivity contribution in [2.45, 2.75) is 24.8 Å². The molecule has 1 aliphatic rings. The largest absolute Gasteiger partial charge is 0.497 e. The molecule has 3 N–H and O–H groups in total. The summed E-state index contributed by atoms with van der Waals surface area (Å²) in [7, 11) is 1.62. The third-order valence-electron chi connectivity index (χ3n) is 4.51. The van der Waals surface area contributed by atoms with Crippen LogP contribution in [0.3, 0.4) is 0 Å². The van der Waals surface area contributed by atoms with Crippen LogP contribution in [0.2, 0.25) is 0 Å². The third-order valence-corrected chi connectivity index (χ3v) is 6.66. The van der Waals surface area contributed by atoms with Crippen molar-refractivity contribution in [2.24, 2.45) is 5.73 Å². The molecule has 8 heteroatoms. The smallest absolute Gasteiger partial charge is 0.251 e. The maximum absolute atomic E-state index is 12.4. The predicted octanol–water partition coefficient (Wildman–Crippen LogP) is 2.96. The number of thioether (sulfide) groups is 1. The van der Waals surface area contributed by atoms with E-state index < -0.39 is 5.91 Å². The number of rotatable bonds is 7. The Bertz CT molecular complexity index is 833. The molecule has 1 aliphatic heterocycles. The lowest BCUT2D eigenvalue weighted by atomic mass is 10.0. The van der Waals surface area contributed by atoms with Crippen LogP contribution in [-0.4, -0.2) is 42.7 Å². The number of nitrogens with one attached hydrogen (secondary N) is 1. The number of methoxy groups -OCH3 is 1. The van der Waals surface area contributed by atoms with Gasteiger partial charge < -0.3 is 15.8 Å². The number of fused-ring (bicyclic) bond motifs is 1. The molecule has 1 aromatic carbocycles. The minimum Gasteiger partial charge on any atom is -0.497 e. The minimum atomic E-state index is -0.476. The van der Waals surface area contributed by atoms with Crippen LogP contribution in [0.25, 0.3) is 0 Å². The van der Waals surface area contributed by atoms with Gasteiger partial charge in [0.05, 0.1) is 18.4 Å². The van der Waals surface area contributed by atoms with Crippen molar-refractivity contribution in [1.82, 2.24) is 4.90 Å². The summed E-state index contributed by atoms with van der Waals surface area (Å²) in [5.74, 6) is 0.411. The molecule has 1 aromatic heterocycles. The fourth-order valence-electron chi connectivity index (χ4n) is 3.06. The Morgan fingerprint density at radius 1 is 1.33 bits per heavy atom. The minimum absolute atomic E-state index is 0.149. The van der Waals surface area contributed by atoms with Gasteiger partial charge in [-0.25, -0.2) is 0 Å². The van der Waals surface area contributed by atoms with E-state index in [0.29, 0.717) is 10.6 Å². The highest BCUT2D eigenvalue weighted by atomic mass is 32.2. The number of primary amides is 1. The second-order valence-electron chi connectivity index (χ2n) is 6.20. The number of benzene rings is 1. The van der Waals surface area contributed by atoms with E-state index in [1.807, 2.05) is 24.3 Å². The van der Waals surface area contributed by atoms with Gasteiger partial charge in [0.25, 0.3) is 5.91 Å². The first-order valence-electron chi connectivity index (χ1n) is 8.75. The zero-order chi connectivity index (χ0) is 19.4. The molecule has 0 fully saturated rings. The van der Waals surface area contributed by atoms with Crippen molar-refractivity contribution in [3.63, 3.8) is 0 Å². The van der Waals surface area contributed by atoms with Crippen molar-refractivity contribution in [1.29, 1.82) is 0 Å². The summed E-state index contributed by atoms with van der Waals surface area (Å²) in [6, 6.07) is 7.54. The molecule has 27 heavy (non-hydrogen) atoms. The monoisotopic (exact) mass is 405 g/mol. The number of nitrogens with zero attached hydrogens (tertiary/aromatic N) is 1. The van der Waals surface area contributed by atoms with Crippen molar-refractivity contribution < 1.29 is 14.3 Å². The molecule has 0 unspecified atom stereocenters. The zero-order valence-electron chi connectivity index (χ0n) is 15.4. The molecule has 144 valence electrons. The lowest BCUT2D eigenvalue weighted by molar-refractivity contribution is -0.113. The Hall–Kier alpha value is -2.03. The van der Waals surface area contributed by atoms with Crippen molar-refractivity contribution in [3.05, 3.63) is 40.3 Å². The molecule has 2 aromatic rings. The second-order valence-corrected chi connectivity index (χ2v) is 8.36. The number of anilines is 1. The molecule has 2 heterocycles. The van der Waals surface area contributed by atoms with Crippen LogP contribution in [0.4, 0.5) is 5.00 Å². The third kappa shape index (κ3) is 4.63. The Labute approximate surface area is 167 Å². The van der Waals surface area contributed by atoms with Gasteiger partial charge in [0.2, 0.25) is 5.91 Å². The molecule has 0 atom stereocenters. The summed E-state index contributed by atoms with van der Waals surface area (Å²) in [4.78, 5) is 28.8. The molecule has 0 bridgehead atoms. The van der Waals surface area contributed by atoms with Crippen LogP contribution in [0, 0.1) is 0 Å². The van der Waals surface area contributed by atoms with Gasteiger partial charge in [0, 0.05) is 22.9 Å². The Kier molecular flexibility index (Phi) is 6.41. The Balaban J connectivity index is 1.68. The average molecular weight is 406 g/mol. The topological polar surface area (TPSA) is 84.7 Å². The summed E-state index contributed by atoms with van der Waals surface area (Å²) >= 11 is 2.90. The van der Waals surface area contributed by atoms with E-state index in [2.05, 4.69) is 17.1 Å². The number of likely N-dealkylation sites (N-methyl/N-ethyl adjacent to an activating group) is 1. The van der Waals surface area contributed by atoms with E-state index in [1.165, 1.54) is 23.1 Å². The van der Waals surface area contributed by atoms with Crippen molar-refractivity contribution in [3.8, 4) is 5.75 Å². The van der Waals surface area contributed by atoms with Crippen molar-refractivity contribution in [2.75, 3.05) is 31.3 Å². The fraction of sp³-hybridized carbons (Fsp3) is 0.368. The van der Waals surface area contributed by atoms with Gasteiger partial charge in [-0.05, 0) is 42.8 Å². The van der Waals surface area contributed by atoms with Crippen LogP contribution >= 0.6 is 23.1 Å². The molecule has 2 amide bonds. The maximum Gasteiger partial charge on any atom is 0.251 e. The molecule has 0 saturated heterocycles. The molecule has 3 rings (SSSR count). The van der Waals surface area contributed by atoms with E-state index in [0.717, 1.165) is 47.1 Å². The summed E-state index contributed by atoms with van der Waals surface area (Å²) in [5, 5.41) is 3.46. The second kappa shape index (κ2) is 8.77. The van der Waals surface area contributed by atoms with Crippen LogP contribution in [-0.2, 0) is 17.8 Å². The van der Waals surface area contributed by atoms with Crippen LogP contribution in [0.5, 0.6) is 5.75 Å². The molecule has 6 nitrogen and oxygen atoms in total. The lowest BCUT2D eigenvalue weighted by Gasteiger charge is -2.25. The van der Waals surface area contributed by atoms with E-state index in [-0.39, 0.29) is 11.7 Å². The number of hydrogen-bond acceptors (Lipinski definition) is 6. The van der Waals surface area contributed by atoms with Gasteiger partial charge in [-0.15, -0.1) is 23.1 Å². The molecule has 0 spiro atoms.